The molecule has 1 atom stereocenters. The van der Waals surface area contributed by atoms with Gasteiger partial charge in [0.25, 0.3) is 5.91 Å². The molecule has 110 valence electrons. The second kappa shape index (κ2) is 8.19. The first-order valence-electron chi connectivity index (χ1n) is 6.84. The van der Waals surface area contributed by atoms with Crippen LogP contribution in [0.1, 0.15) is 29.6 Å². The zero-order valence-electron chi connectivity index (χ0n) is 11.3. The third kappa shape index (κ3) is 4.74. The Hall–Kier alpha value is -1.17. The first-order valence-corrected chi connectivity index (χ1v) is 7.22. The number of hydrogen-bond acceptors (Lipinski definition) is 4. The minimum Gasteiger partial charge on any atom is -0.379 e. The molecule has 1 saturated heterocycles. The van der Waals surface area contributed by atoms with Gasteiger partial charge in [0.15, 0.2) is 0 Å². The highest BCUT2D eigenvalue weighted by atomic mass is 35.5. The highest BCUT2D eigenvalue weighted by molar-refractivity contribution is 6.33. The normalized spacial score (nSPS) is 18.1. The molecule has 0 aliphatic carbocycles. The SMILES string of the molecule is O=C(NCCCOCC1CCCO1)c1ccncc1Cl. The molecule has 1 amide bonds. The van der Waals surface area contributed by atoms with E-state index >= 15 is 0 Å². The van der Waals surface area contributed by atoms with Gasteiger partial charge in [0.05, 0.1) is 23.3 Å². The van der Waals surface area contributed by atoms with Crippen molar-refractivity contribution in [2.24, 2.45) is 0 Å². The van der Waals surface area contributed by atoms with Gasteiger partial charge in [0.1, 0.15) is 0 Å². The van der Waals surface area contributed by atoms with Gasteiger partial charge in [0.2, 0.25) is 0 Å². The van der Waals surface area contributed by atoms with E-state index < -0.39 is 0 Å². The van der Waals surface area contributed by atoms with Crippen molar-refractivity contribution in [1.29, 1.82) is 0 Å². The second-order valence-electron chi connectivity index (χ2n) is 4.67. The molecule has 1 fully saturated rings. The fourth-order valence-corrected chi connectivity index (χ4v) is 2.23. The molecule has 1 aromatic heterocycles. The van der Waals surface area contributed by atoms with Gasteiger partial charge in [-0.05, 0) is 25.3 Å². The predicted octanol–water partition coefficient (Wildman–Crippen LogP) is 2.05. The van der Waals surface area contributed by atoms with Crippen LogP contribution in [0, 0.1) is 0 Å². The van der Waals surface area contributed by atoms with Gasteiger partial charge < -0.3 is 14.8 Å². The Morgan fingerprint density at radius 3 is 3.25 bits per heavy atom. The quantitative estimate of drug-likeness (QED) is 0.783. The highest BCUT2D eigenvalue weighted by Crippen LogP contribution is 2.13. The Bertz CT molecular complexity index is 436. The maximum absolute atomic E-state index is 11.8. The van der Waals surface area contributed by atoms with E-state index in [4.69, 9.17) is 21.1 Å². The highest BCUT2D eigenvalue weighted by Gasteiger charge is 2.15. The van der Waals surface area contributed by atoms with Crippen LogP contribution in [0.4, 0.5) is 0 Å². The Balaban J connectivity index is 1.56. The van der Waals surface area contributed by atoms with E-state index in [9.17, 15) is 4.79 Å². The number of nitrogens with zero attached hydrogens (tertiary/aromatic N) is 1. The fraction of sp³-hybridized carbons (Fsp3) is 0.571. The lowest BCUT2D eigenvalue weighted by Gasteiger charge is -2.10. The average molecular weight is 299 g/mol. The monoisotopic (exact) mass is 298 g/mol. The van der Waals surface area contributed by atoms with Crippen molar-refractivity contribution < 1.29 is 14.3 Å². The largest absolute Gasteiger partial charge is 0.379 e. The molecule has 1 aliphatic rings. The summed E-state index contributed by atoms with van der Waals surface area (Å²) in [6.45, 7) is 2.66. The molecule has 2 rings (SSSR count). The van der Waals surface area contributed by atoms with Gasteiger partial charge in [0, 0.05) is 32.2 Å². The molecule has 0 bridgehead atoms. The number of hydrogen-bond donors (Lipinski definition) is 1. The zero-order valence-corrected chi connectivity index (χ0v) is 12.1. The molecule has 0 radical (unpaired) electrons. The average Bonchev–Trinajstić information content (AvgIpc) is 2.96. The van der Waals surface area contributed by atoms with Crippen LogP contribution < -0.4 is 5.32 Å². The van der Waals surface area contributed by atoms with Crippen LogP contribution in [-0.4, -0.2) is 43.4 Å². The summed E-state index contributed by atoms with van der Waals surface area (Å²) < 4.78 is 11.0. The van der Waals surface area contributed by atoms with Crippen molar-refractivity contribution in [2.45, 2.75) is 25.4 Å². The lowest BCUT2D eigenvalue weighted by molar-refractivity contribution is 0.0166. The van der Waals surface area contributed by atoms with Gasteiger partial charge >= 0.3 is 0 Å². The summed E-state index contributed by atoms with van der Waals surface area (Å²) in [5.41, 5.74) is 0.446. The molecule has 5 nitrogen and oxygen atoms in total. The van der Waals surface area contributed by atoms with Crippen molar-refractivity contribution in [1.82, 2.24) is 10.3 Å². The van der Waals surface area contributed by atoms with Crippen LogP contribution in [0.3, 0.4) is 0 Å². The number of amides is 1. The molecule has 0 spiro atoms. The predicted molar refractivity (Wildman–Crippen MR) is 76.0 cm³/mol. The minimum atomic E-state index is -0.184. The first-order chi connectivity index (χ1) is 9.77. The molecule has 1 unspecified atom stereocenters. The minimum absolute atomic E-state index is 0.184. The van der Waals surface area contributed by atoms with Crippen molar-refractivity contribution in [3.05, 3.63) is 29.0 Å². The van der Waals surface area contributed by atoms with E-state index in [-0.39, 0.29) is 12.0 Å². The Morgan fingerprint density at radius 2 is 2.50 bits per heavy atom. The number of aromatic nitrogens is 1. The van der Waals surface area contributed by atoms with Gasteiger partial charge in [-0.15, -0.1) is 0 Å². The number of pyridine rings is 1. The van der Waals surface area contributed by atoms with E-state index in [1.807, 2.05) is 0 Å². The standard InChI is InChI=1S/C14H19ClN2O3/c15-13-9-16-6-4-12(13)14(18)17-5-2-7-19-10-11-3-1-8-20-11/h4,6,9,11H,1-3,5,7-8,10H2,(H,17,18). The molecular formula is C14H19ClN2O3. The smallest absolute Gasteiger partial charge is 0.252 e. The molecular weight excluding hydrogens is 280 g/mol. The lowest BCUT2D eigenvalue weighted by Crippen LogP contribution is -2.26. The molecule has 0 saturated carbocycles. The van der Waals surface area contributed by atoms with Crippen molar-refractivity contribution in [3.8, 4) is 0 Å². The van der Waals surface area contributed by atoms with Crippen molar-refractivity contribution >= 4 is 17.5 Å². The van der Waals surface area contributed by atoms with Gasteiger partial charge in [-0.25, -0.2) is 0 Å². The number of nitrogens with one attached hydrogen (secondary N) is 1. The summed E-state index contributed by atoms with van der Waals surface area (Å²) in [5.74, 6) is -0.184. The molecule has 20 heavy (non-hydrogen) atoms. The summed E-state index contributed by atoms with van der Waals surface area (Å²) in [7, 11) is 0. The summed E-state index contributed by atoms with van der Waals surface area (Å²) in [4.78, 5) is 15.7. The third-order valence-electron chi connectivity index (χ3n) is 3.10. The summed E-state index contributed by atoms with van der Waals surface area (Å²) in [5, 5.41) is 3.17. The van der Waals surface area contributed by atoms with Crippen LogP contribution >= 0.6 is 11.6 Å². The second-order valence-corrected chi connectivity index (χ2v) is 5.08. The molecule has 0 aromatic carbocycles. The van der Waals surface area contributed by atoms with E-state index in [2.05, 4.69) is 10.3 Å². The van der Waals surface area contributed by atoms with E-state index in [1.54, 1.807) is 12.3 Å². The molecule has 1 aliphatic heterocycles. The van der Waals surface area contributed by atoms with E-state index in [0.29, 0.717) is 30.3 Å². The van der Waals surface area contributed by atoms with Crippen molar-refractivity contribution in [2.75, 3.05) is 26.4 Å². The number of ether oxygens (including phenoxy) is 2. The maximum atomic E-state index is 11.8. The van der Waals surface area contributed by atoms with Crippen LogP contribution in [-0.2, 0) is 9.47 Å². The molecule has 6 heteroatoms. The van der Waals surface area contributed by atoms with Gasteiger partial charge in [-0.3, -0.25) is 9.78 Å². The summed E-state index contributed by atoms with van der Waals surface area (Å²) in [6.07, 6.45) is 6.22. The molecule has 2 heterocycles. The summed E-state index contributed by atoms with van der Waals surface area (Å²) in [6, 6.07) is 1.60. The number of halogens is 1. The van der Waals surface area contributed by atoms with Crippen LogP contribution in [0.5, 0.6) is 0 Å². The Kier molecular flexibility index (Phi) is 6.24. The first kappa shape index (κ1) is 15.2. The van der Waals surface area contributed by atoms with Crippen molar-refractivity contribution in [3.63, 3.8) is 0 Å². The van der Waals surface area contributed by atoms with Crippen LogP contribution in [0.15, 0.2) is 18.5 Å². The van der Waals surface area contributed by atoms with E-state index in [0.717, 1.165) is 25.9 Å². The van der Waals surface area contributed by atoms with Crippen LogP contribution in [0.2, 0.25) is 5.02 Å². The lowest BCUT2D eigenvalue weighted by atomic mass is 10.2. The number of carbonyl (C=O) groups is 1. The molecule has 1 N–H and O–H groups in total. The third-order valence-corrected chi connectivity index (χ3v) is 3.40. The Labute approximate surface area is 123 Å². The van der Waals surface area contributed by atoms with Gasteiger partial charge in [-0.1, -0.05) is 11.6 Å². The summed E-state index contributed by atoms with van der Waals surface area (Å²) >= 11 is 5.89. The van der Waals surface area contributed by atoms with Crippen LogP contribution in [0.25, 0.3) is 0 Å². The molecule has 1 aromatic rings. The zero-order chi connectivity index (χ0) is 14.2. The number of rotatable bonds is 7. The van der Waals surface area contributed by atoms with E-state index in [1.165, 1.54) is 6.20 Å². The Morgan fingerprint density at radius 1 is 1.60 bits per heavy atom. The number of carbonyl (C=O) groups excluding carboxylic acids is 1. The fourth-order valence-electron chi connectivity index (χ4n) is 2.02. The van der Waals surface area contributed by atoms with Gasteiger partial charge in [-0.2, -0.15) is 0 Å². The maximum Gasteiger partial charge on any atom is 0.252 e. The topological polar surface area (TPSA) is 60.5 Å².